The van der Waals surface area contributed by atoms with Crippen molar-refractivity contribution in [3.05, 3.63) is 54.6 Å². The molecule has 0 bridgehead atoms. The van der Waals surface area contributed by atoms with Gasteiger partial charge in [-0.2, -0.15) is 0 Å². The molecule has 23 heavy (non-hydrogen) atoms. The fraction of sp³-hybridized carbons (Fsp3) is 0.222. The maximum Gasteiger partial charge on any atom is 0.228 e. The average molecular weight is 326 g/mol. The highest BCUT2D eigenvalue weighted by molar-refractivity contribution is 8.14. The lowest BCUT2D eigenvalue weighted by Crippen LogP contribution is -2.24. The highest BCUT2D eigenvalue weighted by Gasteiger charge is 2.31. The third-order valence-electron chi connectivity index (χ3n) is 3.66. The number of para-hydroxylation sites is 1. The van der Waals surface area contributed by atoms with Gasteiger partial charge >= 0.3 is 0 Å². The quantitative estimate of drug-likeness (QED) is 0.928. The van der Waals surface area contributed by atoms with Gasteiger partial charge in [0.05, 0.1) is 0 Å². The minimum absolute atomic E-state index is 0.0575. The van der Waals surface area contributed by atoms with E-state index in [1.807, 2.05) is 54.6 Å². The molecule has 0 spiro atoms. The Morgan fingerprint density at radius 1 is 1.09 bits per heavy atom. The predicted octanol–water partition coefficient (Wildman–Crippen LogP) is 3.82. The number of carbonyl (C=O) groups excluding carboxylic acids is 2. The standard InChI is InChI=1S/C18H18N2O2S/c1-13(21)23-17-11-18(22)20(12-17)16-9-7-15(8-10-16)19-14-5-3-2-4-6-14/h2-10,17,19H,11-12H2,1H3. The molecule has 2 aromatic rings. The van der Waals surface area contributed by atoms with E-state index in [0.717, 1.165) is 17.1 Å². The zero-order chi connectivity index (χ0) is 16.2. The highest BCUT2D eigenvalue weighted by atomic mass is 32.2. The Kier molecular flexibility index (Phi) is 4.67. The first-order valence-electron chi connectivity index (χ1n) is 7.51. The van der Waals surface area contributed by atoms with Crippen molar-refractivity contribution in [3.8, 4) is 0 Å². The van der Waals surface area contributed by atoms with Gasteiger partial charge in [0.1, 0.15) is 0 Å². The van der Waals surface area contributed by atoms with E-state index in [1.54, 1.807) is 11.8 Å². The number of carbonyl (C=O) groups is 2. The number of rotatable bonds is 4. The summed E-state index contributed by atoms with van der Waals surface area (Å²) in [4.78, 5) is 25.1. The van der Waals surface area contributed by atoms with Crippen LogP contribution in [0.5, 0.6) is 0 Å². The Balaban J connectivity index is 1.67. The molecule has 0 aromatic heterocycles. The van der Waals surface area contributed by atoms with E-state index in [9.17, 15) is 9.59 Å². The maximum atomic E-state index is 12.1. The predicted molar refractivity (Wildman–Crippen MR) is 95.2 cm³/mol. The average Bonchev–Trinajstić information content (AvgIpc) is 2.89. The van der Waals surface area contributed by atoms with Crippen molar-refractivity contribution < 1.29 is 9.59 Å². The number of benzene rings is 2. The second-order valence-electron chi connectivity index (χ2n) is 5.48. The summed E-state index contributed by atoms with van der Waals surface area (Å²) < 4.78 is 0. The molecule has 4 nitrogen and oxygen atoms in total. The Hall–Kier alpha value is -2.27. The number of thioether (sulfide) groups is 1. The van der Waals surface area contributed by atoms with Gasteiger partial charge in [-0.25, -0.2) is 0 Å². The summed E-state index contributed by atoms with van der Waals surface area (Å²) in [6, 6.07) is 17.7. The number of hydrogen-bond donors (Lipinski definition) is 1. The molecule has 1 fully saturated rings. The lowest BCUT2D eigenvalue weighted by molar-refractivity contribution is -0.117. The van der Waals surface area contributed by atoms with E-state index < -0.39 is 0 Å². The second kappa shape index (κ2) is 6.87. The fourth-order valence-corrected chi connectivity index (χ4v) is 3.57. The Bertz CT molecular complexity index is 701. The smallest absolute Gasteiger partial charge is 0.228 e. The van der Waals surface area contributed by atoms with Gasteiger partial charge in [-0.3, -0.25) is 9.59 Å². The number of nitrogens with one attached hydrogen (secondary N) is 1. The molecule has 118 valence electrons. The molecule has 3 rings (SSSR count). The summed E-state index contributed by atoms with van der Waals surface area (Å²) in [5, 5.41) is 3.44. The van der Waals surface area contributed by atoms with Crippen molar-refractivity contribution in [2.75, 3.05) is 16.8 Å². The first-order chi connectivity index (χ1) is 11.1. The van der Waals surface area contributed by atoms with Crippen LogP contribution in [0.15, 0.2) is 54.6 Å². The molecule has 2 aromatic carbocycles. The van der Waals surface area contributed by atoms with Gasteiger partial charge in [0, 0.05) is 42.2 Å². The van der Waals surface area contributed by atoms with Crippen LogP contribution in [-0.2, 0) is 9.59 Å². The Morgan fingerprint density at radius 3 is 2.39 bits per heavy atom. The first kappa shape index (κ1) is 15.6. The molecular formula is C18H18N2O2S. The largest absolute Gasteiger partial charge is 0.356 e. The molecule has 1 saturated heterocycles. The molecule has 1 N–H and O–H groups in total. The van der Waals surface area contributed by atoms with Crippen LogP contribution < -0.4 is 10.2 Å². The van der Waals surface area contributed by atoms with Crippen molar-refractivity contribution in [2.24, 2.45) is 0 Å². The van der Waals surface area contributed by atoms with Crippen LogP contribution >= 0.6 is 11.8 Å². The van der Waals surface area contributed by atoms with E-state index in [4.69, 9.17) is 0 Å². The minimum atomic E-state index is 0.0575. The molecule has 1 heterocycles. The van der Waals surface area contributed by atoms with E-state index in [1.165, 1.54) is 11.8 Å². The molecule has 1 atom stereocenters. The van der Waals surface area contributed by atoms with Gasteiger partial charge < -0.3 is 10.2 Å². The van der Waals surface area contributed by atoms with Crippen molar-refractivity contribution in [1.29, 1.82) is 0 Å². The summed E-state index contributed by atoms with van der Waals surface area (Å²) in [6.45, 7) is 2.14. The third kappa shape index (κ3) is 3.93. The van der Waals surface area contributed by atoms with Gasteiger partial charge in [-0.15, -0.1) is 0 Å². The maximum absolute atomic E-state index is 12.1. The van der Waals surface area contributed by atoms with Gasteiger partial charge in [0.2, 0.25) is 5.91 Å². The molecule has 0 radical (unpaired) electrons. The third-order valence-corrected chi connectivity index (χ3v) is 4.64. The molecule has 0 saturated carbocycles. The molecule has 1 amide bonds. The molecular weight excluding hydrogens is 308 g/mol. The summed E-state index contributed by atoms with van der Waals surface area (Å²) in [5.74, 6) is 0.0764. The van der Waals surface area contributed by atoms with Crippen LogP contribution in [0.1, 0.15) is 13.3 Å². The first-order valence-corrected chi connectivity index (χ1v) is 8.39. The van der Waals surface area contributed by atoms with Crippen LogP contribution in [0.3, 0.4) is 0 Å². The number of amides is 1. The Labute approximate surface area is 139 Å². The van der Waals surface area contributed by atoms with E-state index in [2.05, 4.69) is 5.32 Å². The van der Waals surface area contributed by atoms with Crippen LogP contribution in [0, 0.1) is 0 Å². The molecule has 5 heteroatoms. The molecule has 0 aliphatic carbocycles. The summed E-state index contributed by atoms with van der Waals surface area (Å²) >= 11 is 1.26. The van der Waals surface area contributed by atoms with E-state index in [0.29, 0.717) is 13.0 Å². The number of anilines is 3. The molecule has 1 unspecified atom stereocenters. The zero-order valence-electron chi connectivity index (χ0n) is 12.9. The van der Waals surface area contributed by atoms with Gasteiger partial charge in [0.15, 0.2) is 5.12 Å². The van der Waals surface area contributed by atoms with Crippen molar-refractivity contribution in [3.63, 3.8) is 0 Å². The minimum Gasteiger partial charge on any atom is -0.356 e. The normalized spacial score (nSPS) is 17.3. The fourth-order valence-electron chi connectivity index (χ4n) is 2.65. The van der Waals surface area contributed by atoms with Gasteiger partial charge in [-0.05, 0) is 36.4 Å². The summed E-state index contributed by atoms with van der Waals surface area (Å²) in [5.41, 5.74) is 2.87. The lowest BCUT2D eigenvalue weighted by atomic mass is 10.2. The van der Waals surface area contributed by atoms with E-state index in [-0.39, 0.29) is 16.3 Å². The zero-order valence-corrected chi connectivity index (χ0v) is 13.7. The van der Waals surface area contributed by atoms with Crippen molar-refractivity contribution >= 4 is 39.8 Å². The van der Waals surface area contributed by atoms with Gasteiger partial charge in [0.25, 0.3) is 0 Å². The lowest BCUT2D eigenvalue weighted by Gasteiger charge is -2.17. The van der Waals surface area contributed by atoms with Gasteiger partial charge in [-0.1, -0.05) is 30.0 Å². The van der Waals surface area contributed by atoms with Crippen LogP contribution in [0.25, 0.3) is 0 Å². The Morgan fingerprint density at radius 2 is 1.74 bits per heavy atom. The number of nitrogens with zero attached hydrogens (tertiary/aromatic N) is 1. The highest BCUT2D eigenvalue weighted by Crippen LogP contribution is 2.29. The monoisotopic (exact) mass is 326 g/mol. The van der Waals surface area contributed by atoms with Crippen molar-refractivity contribution in [2.45, 2.75) is 18.6 Å². The topological polar surface area (TPSA) is 49.4 Å². The van der Waals surface area contributed by atoms with E-state index >= 15 is 0 Å². The SMILES string of the molecule is CC(=O)SC1CC(=O)N(c2ccc(Nc3ccccc3)cc2)C1. The van der Waals surface area contributed by atoms with Crippen LogP contribution in [-0.4, -0.2) is 22.8 Å². The summed E-state index contributed by atoms with van der Waals surface area (Å²) in [7, 11) is 0. The summed E-state index contributed by atoms with van der Waals surface area (Å²) in [6.07, 6.45) is 0.425. The number of hydrogen-bond acceptors (Lipinski definition) is 4. The van der Waals surface area contributed by atoms with Crippen molar-refractivity contribution in [1.82, 2.24) is 0 Å². The van der Waals surface area contributed by atoms with Crippen LogP contribution in [0.2, 0.25) is 0 Å². The molecule has 1 aliphatic rings. The second-order valence-corrected chi connectivity index (χ2v) is 6.96. The van der Waals surface area contributed by atoms with Crippen LogP contribution in [0.4, 0.5) is 17.1 Å². The molecule has 1 aliphatic heterocycles.